The molecule has 0 atom stereocenters. The summed E-state index contributed by atoms with van der Waals surface area (Å²) in [6.45, 7) is 1.75. The molecule has 0 N–H and O–H groups in total. The number of nitrogens with zero attached hydrogens (tertiary/aromatic N) is 2. The summed E-state index contributed by atoms with van der Waals surface area (Å²) >= 11 is 11.7. The van der Waals surface area contributed by atoms with Crippen molar-refractivity contribution in [3.05, 3.63) is 51.0 Å². The van der Waals surface area contributed by atoms with E-state index in [1.807, 2.05) is 0 Å². The Labute approximate surface area is 119 Å². The maximum absolute atomic E-state index is 13.8. The van der Waals surface area contributed by atoms with Crippen LogP contribution < -0.4 is 0 Å². The molecule has 2 rings (SSSR count). The van der Waals surface area contributed by atoms with Crippen LogP contribution in [-0.2, 0) is 13.5 Å². The number of aromatic nitrogens is 2. The molecule has 0 aliphatic rings. The summed E-state index contributed by atoms with van der Waals surface area (Å²) in [6.07, 6.45) is -0.00420. The molecule has 0 radical (unpaired) electrons. The number of halogens is 3. The van der Waals surface area contributed by atoms with E-state index in [1.165, 1.54) is 22.9 Å². The lowest BCUT2D eigenvalue weighted by molar-refractivity contribution is 0.0989. The van der Waals surface area contributed by atoms with E-state index in [9.17, 15) is 9.18 Å². The Bertz CT molecular complexity index is 652. The molecular formula is C13H11Cl2FN2O. The van der Waals surface area contributed by atoms with Crippen LogP contribution >= 0.6 is 23.2 Å². The number of aryl methyl sites for hydroxylation is 2. The lowest BCUT2D eigenvalue weighted by Crippen LogP contribution is -2.07. The van der Waals surface area contributed by atoms with Crippen LogP contribution in [0.2, 0.25) is 10.2 Å². The fraction of sp³-hybridized carbons (Fsp3) is 0.231. The SMILES string of the molecule is Cc1nn(C)c(Cl)c1CC(=O)c1cccc(Cl)c1F. The van der Waals surface area contributed by atoms with Gasteiger partial charge in [0.05, 0.1) is 16.3 Å². The van der Waals surface area contributed by atoms with Crippen LogP contribution in [0.15, 0.2) is 18.2 Å². The van der Waals surface area contributed by atoms with Crippen molar-refractivity contribution in [2.45, 2.75) is 13.3 Å². The van der Waals surface area contributed by atoms with Gasteiger partial charge in [-0.15, -0.1) is 0 Å². The fourth-order valence-electron chi connectivity index (χ4n) is 1.85. The van der Waals surface area contributed by atoms with Gasteiger partial charge in [-0.05, 0) is 19.1 Å². The Morgan fingerprint density at radius 2 is 2.11 bits per heavy atom. The molecule has 2 aromatic rings. The highest BCUT2D eigenvalue weighted by atomic mass is 35.5. The highest BCUT2D eigenvalue weighted by Gasteiger charge is 2.19. The second kappa shape index (κ2) is 5.31. The summed E-state index contributed by atoms with van der Waals surface area (Å²) in [4.78, 5) is 12.1. The predicted octanol–water partition coefficient (Wildman–Crippen LogP) is 3.60. The average Bonchev–Trinajstić information content (AvgIpc) is 2.59. The molecule has 0 amide bonds. The van der Waals surface area contributed by atoms with Crippen molar-refractivity contribution in [2.24, 2.45) is 7.05 Å². The number of hydrogen-bond donors (Lipinski definition) is 0. The standard InChI is InChI=1S/C13H11Cl2FN2O/c1-7-9(13(15)18(2)17-7)6-11(19)8-4-3-5-10(14)12(8)16/h3-5H,6H2,1-2H3. The van der Waals surface area contributed by atoms with Crippen LogP contribution in [0, 0.1) is 12.7 Å². The van der Waals surface area contributed by atoms with Crippen molar-refractivity contribution in [2.75, 3.05) is 0 Å². The molecule has 1 aromatic heterocycles. The van der Waals surface area contributed by atoms with Crippen molar-refractivity contribution in [1.29, 1.82) is 0 Å². The third-order valence-electron chi connectivity index (χ3n) is 2.86. The third kappa shape index (κ3) is 2.65. The molecule has 19 heavy (non-hydrogen) atoms. The van der Waals surface area contributed by atoms with Gasteiger partial charge in [0.2, 0.25) is 0 Å². The van der Waals surface area contributed by atoms with E-state index in [0.717, 1.165) is 0 Å². The molecule has 0 saturated carbocycles. The first-order chi connectivity index (χ1) is 8.91. The maximum atomic E-state index is 13.8. The monoisotopic (exact) mass is 300 g/mol. The molecule has 0 saturated heterocycles. The summed E-state index contributed by atoms with van der Waals surface area (Å²) in [6, 6.07) is 4.34. The van der Waals surface area contributed by atoms with E-state index >= 15 is 0 Å². The molecular weight excluding hydrogens is 290 g/mol. The first kappa shape index (κ1) is 14.0. The van der Waals surface area contributed by atoms with Gasteiger partial charge in [-0.1, -0.05) is 29.3 Å². The van der Waals surface area contributed by atoms with Crippen LogP contribution in [0.25, 0.3) is 0 Å². The minimum atomic E-state index is -0.702. The highest BCUT2D eigenvalue weighted by molar-refractivity contribution is 6.31. The number of ketones is 1. The van der Waals surface area contributed by atoms with E-state index in [1.54, 1.807) is 14.0 Å². The molecule has 1 heterocycles. The lowest BCUT2D eigenvalue weighted by Gasteiger charge is -2.04. The Morgan fingerprint density at radius 3 is 2.68 bits per heavy atom. The molecule has 0 aliphatic carbocycles. The van der Waals surface area contributed by atoms with Gasteiger partial charge >= 0.3 is 0 Å². The minimum absolute atomic E-state index is 0.00420. The van der Waals surface area contributed by atoms with Gasteiger partial charge in [-0.3, -0.25) is 9.48 Å². The molecule has 3 nitrogen and oxygen atoms in total. The molecule has 0 unspecified atom stereocenters. The van der Waals surface area contributed by atoms with Crippen LogP contribution in [0.4, 0.5) is 4.39 Å². The Hall–Kier alpha value is -1.39. The second-order valence-corrected chi connectivity index (χ2v) is 4.94. The maximum Gasteiger partial charge on any atom is 0.170 e. The van der Waals surface area contributed by atoms with Crippen molar-refractivity contribution >= 4 is 29.0 Å². The Morgan fingerprint density at radius 1 is 1.42 bits per heavy atom. The van der Waals surface area contributed by atoms with Gasteiger partial charge in [0.1, 0.15) is 5.15 Å². The first-order valence-electron chi connectivity index (χ1n) is 5.57. The van der Waals surface area contributed by atoms with E-state index in [-0.39, 0.29) is 22.8 Å². The van der Waals surface area contributed by atoms with E-state index in [2.05, 4.69) is 5.10 Å². The summed E-state index contributed by atoms with van der Waals surface area (Å²) in [7, 11) is 1.68. The zero-order valence-electron chi connectivity index (χ0n) is 10.4. The van der Waals surface area contributed by atoms with Crippen molar-refractivity contribution in [3.63, 3.8) is 0 Å². The average molecular weight is 301 g/mol. The van der Waals surface area contributed by atoms with Gasteiger partial charge < -0.3 is 0 Å². The molecule has 6 heteroatoms. The van der Waals surface area contributed by atoms with Gasteiger partial charge in [0.15, 0.2) is 11.6 Å². The first-order valence-corrected chi connectivity index (χ1v) is 6.32. The van der Waals surface area contributed by atoms with E-state index in [4.69, 9.17) is 23.2 Å². The highest BCUT2D eigenvalue weighted by Crippen LogP contribution is 2.23. The normalized spacial score (nSPS) is 10.8. The van der Waals surface area contributed by atoms with Crippen LogP contribution in [0.5, 0.6) is 0 Å². The summed E-state index contributed by atoms with van der Waals surface area (Å²) < 4.78 is 15.2. The Balaban J connectivity index is 2.34. The zero-order valence-corrected chi connectivity index (χ0v) is 11.9. The molecule has 100 valence electrons. The van der Waals surface area contributed by atoms with Gasteiger partial charge in [-0.2, -0.15) is 5.10 Å². The van der Waals surface area contributed by atoms with Gasteiger partial charge in [0.25, 0.3) is 0 Å². The molecule has 0 bridgehead atoms. The minimum Gasteiger partial charge on any atom is -0.294 e. The predicted molar refractivity (Wildman–Crippen MR) is 72.4 cm³/mol. The topological polar surface area (TPSA) is 34.9 Å². The number of rotatable bonds is 3. The molecule has 0 aliphatic heterocycles. The fourth-order valence-corrected chi connectivity index (χ4v) is 2.27. The van der Waals surface area contributed by atoms with Crippen LogP contribution in [-0.4, -0.2) is 15.6 Å². The van der Waals surface area contributed by atoms with Crippen molar-refractivity contribution < 1.29 is 9.18 Å². The largest absolute Gasteiger partial charge is 0.294 e. The smallest absolute Gasteiger partial charge is 0.170 e. The number of carbonyl (C=O) groups excluding carboxylic acids is 1. The number of Topliss-reactive ketones (excluding diaryl/α,β-unsaturated/α-hetero) is 1. The number of hydrogen-bond acceptors (Lipinski definition) is 2. The third-order valence-corrected chi connectivity index (χ3v) is 3.62. The summed E-state index contributed by atoms with van der Waals surface area (Å²) in [5.41, 5.74) is 1.23. The summed E-state index contributed by atoms with van der Waals surface area (Å²) in [5, 5.41) is 4.42. The van der Waals surface area contributed by atoms with Gasteiger partial charge in [0, 0.05) is 19.0 Å². The molecule has 0 spiro atoms. The summed E-state index contributed by atoms with van der Waals surface area (Å²) in [5.74, 6) is -1.08. The van der Waals surface area contributed by atoms with E-state index in [0.29, 0.717) is 16.4 Å². The quantitative estimate of drug-likeness (QED) is 0.812. The zero-order chi connectivity index (χ0) is 14.2. The van der Waals surface area contributed by atoms with E-state index < -0.39 is 5.82 Å². The molecule has 0 fully saturated rings. The lowest BCUT2D eigenvalue weighted by atomic mass is 10.0. The van der Waals surface area contributed by atoms with Crippen molar-refractivity contribution in [1.82, 2.24) is 9.78 Å². The molecule has 1 aromatic carbocycles. The van der Waals surface area contributed by atoms with Crippen LogP contribution in [0.1, 0.15) is 21.6 Å². The number of benzene rings is 1. The second-order valence-electron chi connectivity index (χ2n) is 4.18. The van der Waals surface area contributed by atoms with Crippen molar-refractivity contribution in [3.8, 4) is 0 Å². The van der Waals surface area contributed by atoms with Crippen LogP contribution in [0.3, 0.4) is 0 Å². The Kier molecular flexibility index (Phi) is 3.92. The van der Waals surface area contributed by atoms with Gasteiger partial charge in [-0.25, -0.2) is 4.39 Å². The number of carbonyl (C=O) groups is 1.